The van der Waals surface area contributed by atoms with Crippen molar-refractivity contribution >= 4 is 33.0 Å². The second-order valence-electron chi connectivity index (χ2n) is 5.15. The van der Waals surface area contributed by atoms with Crippen molar-refractivity contribution in [1.82, 2.24) is 5.32 Å². The van der Waals surface area contributed by atoms with E-state index in [0.717, 1.165) is 10.1 Å². The van der Waals surface area contributed by atoms with Gasteiger partial charge in [0.2, 0.25) is 0 Å². The molecule has 1 amide bonds. The summed E-state index contributed by atoms with van der Waals surface area (Å²) in [7, 11) is 0. The molecule has 0 saturated carbocycles. The number of hydrogen-bond donors (Lipinski definition) is 3. The second-order valence-corrected chi connectivity index (χ2v) is 6.20. The van der Waals surface area contributed by atoms with Crippen LogP contribution < -0.4 is 11.1 Å². The molecule has 1 aromatic carbocycles. The van der Waals surface area contributed by atoms with Gasteiger partial charge in [-0.2, -0.15) is 0 Å². The summed E-state index contributed by atoms with van der Waals surface area (Å²) < 4.78 is 1.00. The Morgan fingerprint density at radius 1 is 1.42 bits per heavy atom. The number of aliphatic hydroxyl groups is 1. The quantitative estimate of drug-likeness (QED) is 0.803. The largest absolute Gasteiger partial charge is 0.397 e. The molecule has 4 N–H and O–H groups in total. The van der Waals surface area contributed by atoms with Crippen LogP contribution >= 0.6 is 11.3 Å². The van der Waals surface area contributed by atoms with Gasteiger partial charge in [0, 0.05) is 22.2 Å². The molecule has 0 bridgehead atoms. The van der Waals surface area contributed by atoms with Crippen molar-refractivity contribution in [1.29, 1.82) is 0 Å². The molecule has 1 heterocycles. The molecule has 0 aliphatic rings. The van der Waals surface area contributed by atoms with Gasteiger partial charge in [-0.3, -0.25) is 4.79 Å². The molecule has 1 aromatic heterocycles. The van der Waals surface area contributed by atoms with Crippen LogP contribution in [0.15, 0.2) is 24.3 Å². The highest BCUT2D eigenvalue weighted by atomic mass is 32.1. The number of aliphatic hydroxyl groups excluding tert-OH is 1. The highest BCUT2D eigenvalue weighted by Crippen LogP contribution is 2.33. The molecule has 0 aliphatic carbocycles. The van der Waals surface area contributed by atoms with E-state index in [1.165, 1.54) is 11.3 Å². The first kappa shape index (κ1) is 13.8. The fraction of sp³-hybridized carbons (Fsp3) is 0.357. The van der Waals surface area contributed by atoms with E-state index in [4.69, 9.17) is 10.8 Å². The molecule has 0 saturated heterocycles. The Hall–Kier alpha value is -1.59. The van der Waals surface area contributed by atoms with Gasteiger partial charge in [-0.25, -0.2) is 0 Å². The highest BCUT2D eigenvalue weighted by Gasteiger charge is 2.23. The van der Waals surface area contributed by atoms with E-state index in [0.29, 0.717) is 17.0 Å². The Kier molecular flexibility index (Phi) is 3.78. The van der Waals surface area contributed by atoms with Gasteiger partial charge in [0.25, 0.3) is 5.91 Å². The van der Waals surface area contributed by atoms with Crippen LogP contribution in [0.3, 0.4) is 0 Å². The summed E-state index contributed by atoms with van der Waals surface area (Å²) in [6.07, 6.45) is 0.504. The van der Waals surface area contributed by atoms with E-state index in [2.05, 4.69) is 5.32 Å². The van der Waals surface area contributed by atoms with E-state index < -0.39 is 5.54 Å². The first-order valence-corrected chi connectivity index (χ1v) is 6.96. The van der Waals surface area contributed by atoms with Crippen molar-refractivity contribution < 1.29 is 9.90 Å². The average Bonchev–Trinajstić information content (AvgIpc) is 2.67. The molecule has 0 radical (unpaired) electrons. The van der Waals surface area contributed by atoms with Gasteiger partial charge in [-0.15, -0.1) is 11.3 Å². The molecule has 0 atom stereocenters. The number of carbonyl (C=O) groups is 1. The number of anilines is 1. The molecule has 5 heteroatoms. The first-order valence-electron chi connectivity index (χ1n) is 6.15. The predicted octanol–water partition coefficient (Wildman–Crippen LogP) is 2.37. The Morgan fingerprint density at radius 2 is 2.11 bits per heavy atom. The lowest BCUT2D eigenvalue weighted by molar-refractivity contribution is 0.0904. The fourth-order valence-electron chi connectivity index (χ4n) is 1.94. The number of hydrogen-bond acceptors (Lipinski definition) is 4. The maximum absolute atomic E-state index is 12.3. The second kappa shape index (κ2) is 5.19. The van der Waals surface area contributed by atoms with Crippen LogP contribution in [0, 0.1) is 0 Å². The third-order valence-corrected chi connectivity index (χ3v) is 4.21. The lowest BCUT2D eigenvalue weighted by atomic mass is 10.0. The van der Waals surface area contributed by atoms with Crippen LogP contribution in [-0.4, -0.2) is 23.2 Å². The normalized spacial score (nSPS) is 11.7. The van der Waals surface area contributed by atoms with Crippen molar-refractivity contribution in [3.05, 3.63) is 29.1 Å². The third-order valence-electron chi connectivity index (χ3n) is 3.03. The zero-order valence-electron chi connectivity index (χ0n) is 11.1. The standard InChI is InChI=1S/C14H18N2O2S/c1-14(2,7-8-17)16-13(18)12-11(15)9-5-3-4-6-10(9)19-12/h3-6,17H,7-8,15H2,1-2H3,(H,16,18). The lowest BCUT2D eigenvalue weighted by Crippen LogP contribution is -2.43. The summed E-state index contributed by atoms with van der Waals surface area (Å²) in [5, 5.41) is 12.8. The van der Waals surface area contributed by atoms with Gasteiger partial charge in [-0.05, 0) is 26.3 Å². The summed E-state index contributed by atoms with van der Waals surface area (Å²) in [5.41, 5.74) is 6.11. The van der Waals surface area contributed by atoms with Gasteiger partial charge in [-0.1, -0.05) is 18.2 Å². The molecule has 19 heavy (non-hydrogen) atoms. The zero-order chi connectivity index (χ0) is 14.0. The van der Waals surface area contributed by atoms with Crippen molar-refractivity contribution in [3.8, 4) is 0 Å². The van der Waals surface area contributed by atoms with E-state index in [1.807, 2.05) is 38.1 Å². The molecule has 2 rings (SSSR count). The Balaban J connectivity index is 2.29. The lowest BCUT2D eigenvalue weighted by Gasteiger charge is -2.25. The number of amides is 1. The molecule has 102 valence electrons. The van der Waals surface area contributed by atoms with Gasteiger partial charge in [0.05, 0.1) is 5.69 Å². The Labute approximate surface area is 116 Å². The zero-order valence-corrected chi connectivity index (χ0v) is 11.9. The minimum absolute atomic E-state index is 0.0369. The third kappa shape index (κ3) is 2.88. The summed E-state index contributed by atoms with van der Waals surface area (Å²) in [4.78, 5) is 12.8. The van der Waals surface area contributed by atoms with Gasteiger partial charge in [0.1, 0.15) is 4.88 Å². The highest BCUT2D eigenvalue weighted by molar-refractivity contribution is 7.21. The number of nitrogens with one attached hydrogen (secondary N) is 1. The van der Waals surface area contributed by atoms with E-state index >= 15 is 0 Å². The SMILES string of the molecule is CC(C)(CCO)NC(=O)c1sc2ccccc2c1N. The Bertz CT molecular complexity index is 605. The smallest absolute Gasteiger partial charge is 0.263 e. The fourth-order valence-corrected chi connectivity index (χ4v) is 2.96. The molecule has 2 aromatic rings. The van der Waals surface area contributed by atoms with Crippen molar-refractivity contribution in [3.63, 3.8) is 0 Å². The van der Waals surface area contributed by atoms with Gasteiger partial charge < -0.3 is 16.2 Å². The van der Waals surface area contributed by atoms with Crippen LogP contribution in [0.5, 0.6) is 0 Å². The maximum Gasteiger partial charge on any atom is 0.263 e. The number of nitrogens with two attached hydrogens (primary N) is 1. The molecule has 0 spiro atoms. The van der Waals surface area contributed by atoms with Crippen LogP contribution in [0.2, 0.25) is 0 Å². The summed E-state index contributed by atoms with van der Waals surface area (Å²) in [6, 6.07) is 7.70. The molecule has 0 aliphatic heterocycles. The number of benzene rings is 1. The van der Waals surface area contributed by atoms with E-state index in [-0.39, 0.29) is 12.5 Å². The van der Waals surface area contributed by atoms with Crippen LogP contribution in [0.4, 0.5) is 5.69 Å². The first-order chi connectivity index (χ1) is 8.94. The summed E-state index contributed by atoms with van der Waals surface area (Å²) >= 11 is 1.39. The van der Waals surface area contributed by atoms with Crippen molar-refractivity contribution in [2.24, 2.45) is 0 Å². The minimum atomic E-state index is -0.450. The van der Waals surface area contributed by atoms with Crippen LogP contribution in [-0.2, 0) is 0 Å². The molecule has 0 fully saturated rings. The summed E-state index contributed by atoms with van der Waals surface area (Å²) in [5.74, 6) is -0.183. The molecule has 4 nitrogen and oxygen atoms in total. The molecular weight excluding hydrogens is 260 g/mol. The van der Waals surface area contributed by atoms with Crippen LogP contribution in [0.25, 0.3) is 10.1 Å². The summed E-state index contributed by atoms with van der Waals surface area (Å²) in [6.45, 7) is 3.80. The number of fused-ring (bicyclic) bond motifs is 1. The number of carbonyl (C=O) groups excluding carboxylic acids is 1. The number of rotatable bonds is 4. The van der Waals surface area contributed by atoms with E-state index in [9.17, 15) is 4.79 Å². The Morgan fingerprint density at radius 3 is 2.74 bits per heavy atom. The van der Waals surface area contributed by atoms with Crippen molar-refractivity contribution in [2.45, 2.75) is 25.8 Å². The molecule has 0 unspecified atom stereocenters. The maximum atomic E-state index is 12.3. The predicted molar refractivity (Wildman–Crippen MR) is 79.5 cm³/mol. The number of nitrogen functional groups attached to an aromatic ring is 1. The van der Waals surface area contributed by atoms with Crippen molar-refractivity contribution in [2.75, 3.05) is 12.3 Å². The van der Waals surface area contributed by atoms with E-state index in [1.54, 1.807) is 0 Å². The van der Waals surface area contributed by atoms with Gasteiger partial charge >= 0.3 is 0 Å². The molecular formula is C14H18N2O2S. The van der Waals surface area contributed by atoms with Gasteiger partial charge in [0.15, 0.2) is 0 Å². The number of thiophene rings is 1. The minimum Gasteiger partial charge on any atom is -0.397 e. The van der Waals surface area contributed by atoms with Crippen LogP contribution in [0.1, 0.15) is 29.9 Å². The average molecular weight is 278 g/mol. The monoisotopic (exact) mass is 278 g/mol. The topological polar surface area (TPSA) is 75.3 Å².